The summed E-state index contributed by atoms with van der Waals surface area (Å²) in [5.74, 6) is 0. The smallest absolute Gasteiger partial charge is 0.309 e. The van der Waals surface area contributed by atoms with E-state index in [1.165, 1.54) is 101 Å². The van der Waals surface area contributed by atoms with Gasteiger partial charge in [-0.25, -0.2) is 4.85 Å². The molecular weight excluding hydrogens is 784 g/mol. The Morgan fingerprint density at radius 1 is 0.444 bits per heavy atom. The third-order valence-corrected chi connectivity index (χ3v) is 16.2. The van der Waals surface area contributed by atoms with Crippen molar-refractivity contribution in [1.82, 2.24) is 0 Å². The number of aryl methyl sites for hydroxylation is 1. The molecule has 2 aliphatic heterocycles. The highest BCUT2D eigenvalue weighted by molar-refractivity contribution is 6.02. The van der Waals surface area contributed by atoms with Gasteiger partial charge in [0.15, 0.2) is 5.69 Å². The van der Waals surface area contributed by atoms with Crippen molar-refractivity contribution in [3.8, 4) is 11.1 Å². The van der Waals surface area contributed by atoms with Crippen molar-refractivity contribution in [2.45, 2.75) is 137 Å². The highest BCUT2D eigenvalue weighted by Crippen LogP contribution is 2.59. The Morgan fingerprint density at radius 2 is 0.794 bits per heavy atom. The molecule has 0 saturated heterocycles. The van der Waals surface area contributed by atoms with Crippen LogP contribution in [-0.4, -0.2) is 0 Å². The molecule has 0 bridgehead atoms. The minimum absolute atomic E-state index is 0.0239. The molecule has 0 aromatic heterocycles. The van der Waals surface area contributed by atoms with Crippen molar-refractivity contribution in [2.24, 2.45) is 0 Å². The summed E-state index contributed by atoms with van der Waals surface area (Å²) in [7, 11) is 0. The Bertz CT molecular complexity index is 2940. The molecule has 0 N–H and O–H groups in total. The number of fused-ring (bicyclic) bond motifs is 4. The maximum atomic E-state index is 15.5. The number of hydrogen-bond acceptors (Lipinski definition) is 2. The van der Waals surface area contributed by atoms with Gasteiger partial charge < -0.3 is 9.80 Å². The normalized spacial score (nSPS) is 13.2. The number of hydrogen-bond donors (Lipinski definition) is 0. The van der Waals surface area contributed by atoms with Crippen LogP contribution in [0.25, 0.3) is 16.0 Å². The molecule has 63 heavy (non-hydrogen) atoms. The third-order valence-electron chi connectivity index (χ3n) is 16.2. The number of rotatable bonds is 3. The highest BCUT2D eigenvalue weighted by atomic mass is 19.4. The molecule has 0 aliphatic carbocycles. The summed E-state index contributed by atoms with van der Waals surface area (Å²) in [5.41, 5.74) is 30.2. The fourth-order valence-electron chi connectivity index (χ4n) is 11.1. The monoisotopic (exact) mass is 843 g/mol. The van der Waals surface area contributed by atoms with E-state index in [2.05, 4.69) is 138 Å². The Balaban J connectivity index is 1.64. The molecule has 0 fully saturated rings. The fourth-order valence-corrected chi connectivity index (χ4v) is 11.1. The second-order valence-electron chi connectivity index (χ2n) is 18.8. The topological polar surface area (TPSA) is 10.8 Å². The van der Waals surface area contributed by atoms with Crippen molar-refractivity contribution in [1.29, 1.82) is 0 Å². The summed E-state index contributed by atoms with van der Waals surface area (Å²) >= 11 is 0. The molecule has 2 heterocycles. The lowest BCUT2D eigenvalue weighted by Gasteiger charge is -2.43. The summed E-state index contributed by atoms with van der Waals surface area (Å²) in [6.45, 7) is 45.4. The third kappa shape index (κ3) is 6.12. The number of halogens is 3. The highest BCUT2D eigenvalue weighted by Gasteiger charge is 2.40. The van der Waals surface area contributed by atoms with E-state index in [4.69, 9.17) is 6.57 Å². The molecular formula is C57H60F3N3. The van der Waals surface area contributed by atoms with E-state index >= 15 is 13.2 Å². The van der Waals surface area contributed by atoms with E-state index in [9.17, 15) is 0 Å². The fraction of sp³-hybridized carbons (Fsp3) is 0.351. The van der Waals surface area contributed by atoms with Crippen LogP contribution in [0.3, 0.4) is 0 Å². The minimum Gasteiger partial charge on any atom is -0.309 e. The lowest BCUT2D eigenvalue weighted by molar-refractivity contribution is -0.137. The molecule has 0 unspecified atom stereocenters. The van der Waals surface area contributed by atoms with E-state index in [-0.39, 0.29) is 11.3 Å². The summed E-state index contributed by atoms with van der Waals surface area (Å²) in [5, 5.41) is 0. The van der Waals surface area contributed by atoms with Gasteiger partial charge in [0.1, 0.15) is 0 Å². The van der Waals surface area contributed by atoms with Crippen molar-refractivity contribution >= 4 is 39.8 Å². The van der Waals surface area contributed by atoms with Gasteiger partial charge in [0.05, 0.1) is 40.6 Å². The zero-order valence-electron chi connectivity index (χ0n) is 40.3. The Morgan fingerprint density at radius 3 is 1.14 bits per heavy atom. The van der Waals surface area contributed by atoms with Gasteiger partial charge in [-0.15, -0.1) is 0 Å². The van der Waals surface area contributed by atoms with Crippen LogP contribution in [0.15, 0.2) is 30.3 Å². The van der Waals surface area contributed by atoms with Crippen LogP contribution in [0.5, 0.6) is 0 Å². The lowest BCUT2D eigenvalue weighted by Crippen LogP contribution is -2.27. The van der Waals surface area contributed by atoms with Gasteiger partial charge in [0, 0.05) is 24.1 Å². The average Bonchev–Trinajstić information content (AvgIpc) is 3.26. The molecule has 0 radical (unpaired) electrons. The van der Waals surface area contributed by atoms with Crippen molar-refractivity contribution in [3.05, 3.63) is 164 Å². The molecule has 6 aromatic carbocycles. The van der Waals surface area contributed by atoms with Crippen LogP contribution >= 0.6 is 0 Å². The second-order valence-corrected chi connectivity index (χ2v) is 18.8. The molecule has 0 amide bonds. The number of anilines is 6. The van der Waals surface area contributed by atoms with Gasteiger partial charge in [-0.3, -0.25) is 0 Å². The predicted molar refractivity (Wildman–Crippen MR) is 259 cm³/mol. The number of benzene rings is 6. The summed E-state index contributed by atoms with van der Waals surface area (Å²) in [6, 6.07) is 8.26. The first-order chi connectivity index (χ1) is 29.5. The Labute approximate surface area is 373 Å². The van der Waals surface area contributed by atoms with Crippen LogP contribution in [0.4, 0.5) is 53.0 Å². The molecule has 0 saturated carbocycles. The maximum absolute atomic E-state index is 15.5. The summed E-state index contributed by atoms with van der Waals surface area (Å²) < 4.78 is 46.6. The number of alkyl halides is 3. The maximum Gasteiger partial charge on any atom is 0.415 e. The zero-order chi connectivity index (χ0) is 46.2. The van der Waals surface area contributed by atoms with E-state index in [0.717, 1.165) is 63.2 Å². The van der Waals surface area contributed by atoms with Crippen molar-refractivity contribution in [3.63, 3.8) is 0 Å². The number of nitrogens with zero attached hydrogens (tertiary/aromatic N) is 3. The summed E-state index contributed by atoms with van der Waals surface area (Å²) in [6.07, 6.45) is -3.21. The van der Waals surface area contributed by atoms with E-state index < -0.39 is 11.7 Å². The molecule has 2 aliphatic rings. The molecule has 3 nitrogen and oxygen atoms in total. The molecule has 8 rings (SSSR count). The Kier molecular flexibility index (Phi) is 10.4. The largest absolute Gasteiger partial charge is 0.415 e. The van der Waals surface area contributed by atoms with E-state index in [1.54, 1.807) is 0 Å². The van der Waals surface area contributed by atoms with Crippen LogP contribution in [-0.2, 0) is 19.0 Å². The predicted octanol–water partition coefficient (Wildman–Crippen LogP) is 16.9. The zero-order valence-corrected chi connectivity index (χ0v) is 40.3. The first-order valence-corrected chi connectivity index (χ1v) is 22.2. The molecule has 6 aromatic rings. The second kappa shape index (κ2) is 14.9. The van der Waals surface area contributed by atoms with Crippen LogP contribution in [0.1, 0.15) is 122 Å². The quantitative estimate of drug-likeness (QED) is 0.164. The van der Waals surface area contributed by atoms with Gasteiger partial charge in [-0.2, -0.15) is 13.2 Å². The van der Waals surface area contributed by atoms with Crippen molar-refractivity contribution in [2.75, 3.05) is 9.80 Å². The van der Waals surface area contributed by atoms with Gasteiger partial charge in [0.25, 0.3) is 0 Å². The van der Waals surface area contributed by atoms with Crippen molar-refractivity contribution < 1.29 is 13.2 Å². The average molecular weight is 844 g/mol. The van der Waals surface area contributed by atoms with Gasteiger partial charge in [-0.05, 0) is 252 Å². The molecule has 324 valence electrons. The first-order valence-electron chi connectivity index (χ1n) is 22.2. The molecule has 6 heteroatoms. The first kappa shape index (κ1) is 43.8. The van der Waals surface area contributed by atoms with Gasteiger partial charge in [-0.1, -0.05) is 18.2 Å². The summed E-state index contributed by atoms with van der Waals surface area (Å²) in [4.78, 5) is 8.57. The Hall–Kier alpha value is -5.80. The van der Waals surface area contributed by atoms with E-state index in [0.29, 0.717) is 23.2 Å². The van der Waals surface area contributed by atoms with Gasteiger partial charge in [0.2, 0.25) is 0 Å². The van der Waals surface area contributed by atoms with Crippen LogP contribution < -0.4 is 9.80 Å². The lowest BCUT2D eigenvalue weighted by atomic mass is 9.79. The van der Waals surface area contributed by atoms with E-state index in [1.807, 2.05) is 6.92 Å². The molecule has 0 spiro atoms. The van der Waals surface area contributed by atoms with Gasteiger partial charge >= 0.3 is 6.18 Å². The van der Waals surface area contributed by atoms with Crippen LogP contribution in [0.2, 0.25) is 0 Å². The standard InChI is InChI=1S/C57H60F3N3/c1-26-22-43(62-53-39(14)31(6)27(2)35(10)44(53)24-45-36(11)28(3)32(7)40(15)54(45)62)23-50(51(26)52-48(57(58,59)60)20-19-21-49(52)61-18)63-55-41(16)33(8)29(4)37(12)46(55)25-47-38(13)30(5)34(9)42(17)56(47)63/h19-23H,24-25H2,1-17H3. The van der Waals surface area contributed by atoms with Crippen LogP contribution in [0, 0.1) is 124 Å². The SMILES string of the molecule is [C-]#[N+]c1cccc(C(F)(F)F)c1-c1c(C)cc(N2c3c(C)c(C)c(C)c(C)c3Cc3c(C)c(C)c(C)c(C)c32)cc1N1c2c(C)c(C)c(C)c(C)c2Cc2c(C)c(C)c(C)c(C)c21. The minimum atomic E-state index is -4.71. The molecule has 0 atom stereocenters.